The highest BCUT2D eigenvalue weighted by Gasteiger charge is 2.41. The van der Waals surface area contributed by atoms with Gasteiger partial charge < -0.3 is 15.7 Å². The van der Waals surface area contributed by atoms with E-state index in [0.717, 1.165) is 38.2 Å². The van der Waals surface area contributed by atoms with E-state index in [1.165, 1.54) is 12.1 Å². The van der Waals surface area contributed by atoms with Crippen LogP contribution in [0.4, 0.5) is 8.78 Å². The highest BCUT2D eigenvalue weighted by Crippen LogP contribution is 2.31. The molecule has 1 aromatic carbocycles. The van der Waals surface area contributed by atoms with Crippen molar-refractivity contribution in [3.05, 3.63) is 35.4 Å². The number of hydrogen-bond donors (Lipinski definition) is 2. The molecule has 5 nitrogen and oxygen atoms in total. The molecule has 1 saturated carbocycles. The van der Waals surface area contributed by atoms with Gasteiger partial charge in [0.05, 0.1) is 5.54 Å². The van der Waals surface area contributed by atoms with Gasteiger partial charge in [0.15, 0.2) is 0 Å². The van der Waals surface area contributed by atoms with E-state index >= 15 is 0 Å². The van der Waals surface area contributed by atoms with Crippen molar-refractivity contribution < 1.29 is 23.5 Å². The first-order valence-electron chi connectivity index (χ1n) is 8.49. The fraction of sp³-hybridized carbons (Fsp3) is 0.556. The molecule has 7 heteroatoms. The van der Waals surface area contributed by atoms with Crippen molar-refractivity contribution in [1.29, 1.82) is 0 Å². The summed E-state index contributed by atoms with van der Waals surface area (Å²) in [7, 11) is 0. The van der Waals surface area contributed by atoms with Crippen LogP contribution in [0.5, 0.6) is 0 Å². The molecule has 1 amide bonds. The number of halogens is 2. The fourth-order valence-corrected chi connectivity index (χ4v) is 3.78. The van der Waals surface area contributed by atoms with Crippen molar-refractivity contribution in [2.45, 2.75) is 44.1 Å². The second-order valence-electron chi connectivity index (χ2n) is 6.86. The number of carbonyl (C=O) groups is 2. The quantitative estimate of drug-likeness (QED) is 0.816. The Labute approximate surface area is 145 Å². The maximum atomic E-state index is 13.2. The second-order valence-corrected chi connectivity index (χ2v) is 6.86. The standard InChI is InChI=1S/C17H22F2N2O.CH2O2/c18-14-8-13(9-15(19)10-14)7-12-3-6-21(11-12)16(22)17(20)4-1-2-5-17;2-1-3/h8-10,12H,1-7,11,20H2;1H,(H,2,3). The van der Waals surface area contributed by atoms with Gasteiger partial charge in [0.25, 0.3) is 6.47 Å². The fourth-order valence-electron chi connectivity index (χ4n) is 3.78. The molecule has 2 fully saturated rings. The van der Waals surface area contributed by atoms with Gasteiger partial charge in [0, 0.05) is 19.2 Å². The summed E-state index contributed by atoms with van der Waals surface area (Å²) in [5, 5.41) is 6.89. The van der Waals surface area contributed by atoms with E-state index in [1.807, 2.05) is 4.90 Å². The summed E-state index contributed by atoms with van der Waals surface area (Å²) in [4.78, 5) is 22.8. The van der Waals surface area contributed by atoms with Crippen molar-refractivity contribution >= 4 is 12.4 Å². The molecule has 3 N–H and O–H groups in total. The first-order valence-corrected chi connectivity index (χ1v) is 8.49. The van der Waals surface area contributed by atoms with Crippen LogP contribution in [-0.2, 0) is 16.0 Å². The van der Waals surface area contributed by atoms with Crippen LogP contribution in [0.15, 0.2) is 18.2 Å². The van der Waals surface area contributed by atoms with Crippen molar-refractivity contribution in [3.8, 4) is 0 Å². The van der Waals surface area contributed by atoms with E-state index in [4.69, 9.17) is 15.6 Å². The summed E-state index contributed by atoms with van der Waals surface area (Å²) >= 11 is 0. The zero-order valence-electron chi connectivity index (χ0n) is 14.1. The predicted molar refractivity (Wildman–Crippen MR) is 88.8 cm³/mol. The second kappa shape index (κ2) is 8.38. The minimum atomic E-state index is -0.681. The molecule has 1 aliphatic carbocycles. The summed E-state index contributed by atoms with van der Waals surface area (Å²) in [5.41, 5.74) is 6.20. The normalized spacial score (nSPS) is 21.6. The van der Waals surface area contributed by atoms with Gasteiger partial charge in [0.2, 0.25) is 5.91 Å². The van der Waals surface area contributed by atoms with Crippen LogP contribution in [0, 0.1) is 17.6 Å². The lowest BCUT2D eigenvalue weighted by molar-refractivity contribution is -0.135. The molecule has 0 bridgehead atoms. The molecule has 1 unspecified atom stereocenters. The van der Waals surface area contributed by atoms with E-state index in [2.05, 4.69) is 0 Å². The molecular formula is C18H24F2N2O3. The van der Waals surface area contributed by atoms with Gasteiger partial charge in [-0.3, -0.25) is 9.59 Å². The van der Waals surface area contributed by atoms with Gasteiger partial charge in [0.1, 0.15) is 11.6 Å². The first-order chi connectivity index (χ1) is 11.9. The van der Waals surface area contributed by atoms with Crippen molar-refractivity contribution in [2.75, 3.05) is 13.1 Å². The van der Waals surface area contributed by atoms with E-state index < -0.39 is 17.2 Å². The maximum Gasteiger partial charge on any atom is 0.290 e. The largest absolute Gasteiger partial charge is 0.483 e. The number of nitrogens with zero attached hydrogens (tertiary/aromatic N) is 1. The van der Waals surface area contributed by atoms with Crippen LogP contribution in [0.25, 0.3) is 0 Å². The number of carbonyl (C=O) groups excluding carboxylic acids is 1. The Morgan fingerprint density at radius 1 is 1.28 bits per heavy atom. The maximum absolute atomic E-state index is 13.2. The van der Waals surface area contributed by atoms with E-state index in [-0.39, 0.29) is 18.3 Å². The third kappa shape index (κ3) is 4.98. The van der Waals surface area contributed by atoms with Crippen LogP contribution in [0.3, 0.4) is 0 Å². The van der Waals surface area contributed by atoms with Crippen LogP contribution >= 0.6 is 0 Å². The molecule has 3 rings (SSSR count). The van der Waals surface area contributed by atoms with Gasteiger partial charge in [-0.15, -0.1) is 0 Å². The Kier molecular flexibility index (Phi) is 6.47. The molecule has 138 valence electrons. The van der Waals surface area contributed by atoms with E-state index in [1.54, 1.807) is 0 Å². The zero-order valence-corrected chi connectivity index (χ0v) is 14.1. The topological polar surface area (TPSA) is 83.6 Å². The van der Waals surface area contributed by atoms with Crippen LogP contribution in [0.1, 0.15) is 37.7 Å². The Bertz CT molecular complexity index is 598. The summed E-state index contributed by atoms with van der Waals surface area (Å²) in [6.07, 6.45) is 5.02. The molecule has 1 aliphatic heterocycles. The summed E-state index contributed by atoms with van der Waals surface area (Å²) in [5.74, 6) is -0.798. The monoisotopic (exact) mass is 354 g/mol. The molecule has 1 aromatic rings. The molecule has 0 spiro atoms. The van der Waals surface area contributed by atoms with Crippen LogP contribution in [-0.4, -0.2) is 41.0 Å². The number of rotatable bonds is 3. The van der Waals surface area contributed by atoms with Crippen molar-refractivity contribution in [2.24, 2.45) is 11.7 Å². The molecular weight excluding hydrogens is 330 g/mol. The number of amides is 1. The Hall–Kier alpha value is -2.02. The van der Waals surface area contributed by atoms with Gasteiger partial charge in [-0.05, 0) is 49.3 Å². The Balaban J connectivity index is 0.000000701. The molecule has 0 radical (unpaired) electrons. The number of likely N-dealkylation sites (tertiary alicyclic amines) is 1. The van der Waals surface area contributed by atoms with Crippen LogP contribution in [0.2, 0.25) is 0 Å². The van der Waals surface area contributed by atoms with Crippen molar-refractivity contribution in [3.63, 3.8) is 0 Å². The summed E-state index contributed by atoms with van der Waals surface area (Å²) < 4.78 is 26.5. The number of hydrogen-bond acceptors (Lipinski definition) is 3. The molecule has 2 aliphatic rings. The summed E-state index contributed by atoms with van der Waals surface area (Å²) in [6, 6.07) is 3.62. The van der Waals surface area contributed by atoms with Crippen LogP contribution < -0.4 is 5.73 Å². The Morgan fingerprint density at radius 3 is 2.40 bits per heavy atom. The van der Waals surface area contributed by atoms with Gasteiger partial charge in [-0.1, -0.05) is 12.8 Å². The smallest absolute Gasteiger partial charge is 0.290 e. The SMILES string of the molecule is NC1(C(=O)N2CCC(Cc3cc(F)cc(F)c3)C2)CCCC1.O=CO. The average Bonchev–Trinajstić information content (AvgIpc) is 3.16. The van der Waals surface area contributed by atoms with Crippen molar-refractivity contribution in [1.82, 2.24) is 4.90 Å². The lowest BCUT2D eigenvalue weighted by Crippen LogP contribution is -2.52. The Morgan fingerprint density at radius 2 is 1.84 bits per heavy atom. The highest BCUT2D eigenvalue weighted by molar-refractivity contribution is 5.86. The first kappa shape index (κ1) is 19.3. The van der Waals surface area contributed by atoms with Gasteiger partial charge in [-0.25, -0.2) is 8.78 Å². The molecule has 25 heavy (non-hydrogen) atoms. The molecule has 1 saturated heterocycles. The summed E-state index contributed by atoms with van der Waals surface area (Å²) in [6.45, 7) is 1.08. The lowest BCUT2D eigenvalue weighted by atomic mass is 9.96. The third-order valence-corrected chi connectivity index (χ3v) is 4.94. The number of benzene rings is 1. The lowest BCUT2D eigenvalue weighted by Gasteiger charge is -2.28. The average molecular weight is 354 g/mol. The van der Waals surface area contributed by atoms with Gasteiger partial charge in [-0.2, -0.15) is 0 Å². The van der Waals surface area contributed by atoms with Gasteiger partial charge >= 0.3 is 0 Å². The molecule has 1 atom stereocenters. The van der Waals surface area contributed by atoms with E-state index in [9.17, 15) is 13.6 Å². The number of nitrogens with two attached hydrogens (primary N) is 1. The minimum absolute atomic E-state index is 0.0536. The minimum Gasteiger partial charge on any atom is -0.483 e. The number of carboxylic acid groups (broad SMARTS) is 1. The third-order valence-electron chi connectivity index (χ3n) is 4.94. The zero-order chi connectivity index (χ0) is 18.4. The predicted octanol–water partition coefficient (Wildman–Crippen LogP) is 2.33. The highest BCUT2D eigenvalue weighted by atomic mass is 19.1. The molecule has 0 aromatic heterocycles. The van der Waals surface area contributed by atoms with E-state index in [0.29, 0.717) is 25.1 Å². The molecule has 1 heterocycles.